The molecule has 0 atom stereocenters. The van der Waals surface area contributed by atoms with Gasteiger partial charge in [0.05, 0.1) is 11.3 Å². The molecule has 25 heavy (non-hydrogen) atoms. The van der Waals surface area contributed by atoms with Crippen LogP contribution in [0.5, 0.6) is 0 Å². The maximum atomic E-state index is 12.4. The number of primary amides is 1. The third kappa shape index (κ3) is 3.46. The number of hydrogen-bond acceptors (Lipinski definition) is 5. The van der Waals surface area contributed by atoms with E-state index >= 15 is 0 Å². The third-order valence-corrected chi connectivity index (χ3v) is 6.76. The summed E-state index contributed by atoms with van der Waals surface area (Å²) in [7, 11) is 0. The van der Waals surface area contributed by atoms with Crippen LogP contribution in [0, 0.1) is 0 Å². The number of aryl methyl sites for hydroxylation is 1. The van der Waals surface area contributed by atoms with Crippen LogP contribution in [0.3, 0.4) is 0 Å². The second kappa shape index (κ2) is 6.84. The molecule has 4 rings (SSSR count). The molecule has 3 N–H and O–H groups in total. The Bertz CT molecular complexity index is 823. The predicted molar refractivity (Wildman–Crippen MR) is 99.3 cm³/mol. The molecule has 2 aliphatic carbocycles. The average Bonchev–Trinajstić information content (AvgIpc) is 3.20. The van der Waals surface area contributed by atoms with Crippen molar-refractivity contribution in [3.8, 4) is 0 Å². The van der Waals surface area contributed by atoms with Gasteiger partial charge in [-0.05, 0) is 44.1 Å². The summed E-state index contributed by atoms with van der Waals surface area (Å²) >= 11 is 2.92. The molecule has 0 bridgehead atoms. The molecule has 1 fully saturated rings. The van der Waals surface area contributed by atoms with E-state index in [0.717, 1.165) is 36.4 Å². The van der Waals surface area contributed by atoms with Crippen molar-refractivity contribution in [2.45, 2.75) is 49.7 Å². The van der Waals surface area contributed by atoms with E-state index in [9.17, 15) is 9.59 Å². The molecule has 0 spiro atoms. The highest BCUT2D eigenvalue weighted by molar-refractivity contribution is 7.99. The van der Waals surface area contributed by atoms with Gasteiger partial charge in [-0.2, -0.15) is 0 Å². The summed E-state index contributed by atoms with van der Waals surface area (Å²) in [6, 6.07) is 0.540. The Balaban J connectivity index is 1.44. The Kier molecular flexibility index (Phi) is 4.56. The standard InChI is InChI=1S/C17H20N4O2S2/c18-15(23)14-11-3-1-2-4-12(11)25-16(14)20-13(22)9-24-17-19-7-8-21(17)10-5-6-10/h7-8,10H,1-6,9H2,(H2,18,23)(H,20,22). The van der Waals surface area contributed by atoms with E-state index in [1.54, 1.807) is 6.20 Å². The second-order valence-electron chi connectivity index (χ2n) is 6.46. The number of nitrogens with zero attached hydrogens (tertiary/aromatic N) is 2. The van der Waals surface area contributed by atoms with E-state index in [1.807, 2.05) is 6.20 Å². The number of fused-ring (bicyclic) bond motifs is 1. The van der Waals surface area contributed by atoms with E-state index in [0.29, 0.717) is 16.6 Å². The van der Waals surface area contributed by atoms with Crippen molar-refractivity contribution in [3.05, 3.63) is 28.4 Å². The Hall–Kier alpha value is -1.80. The Morgan fingerprint density at radius 3 is 2.92 bits per heavy atom. The number of amides is 2. The largest absolute Gasteiger partial charge is 0.365 e. The highest BCUT2D eigenvalue weighted by Gasteiger charge is 2.27. The number of aromatic nitrogens is 2. The number of anilines is 1. The average molecular weight is 377 g/mol. The Labute approximate surface area is 154 Å². The minimum absolute atomic E-state index is 0.128. The fourth-order valence-electron chi connectivity index (χ4n) is 3.25. The van der Waals surface area contributed by atoms with E-state index in [1.165, 1.54) is 40.8 Å². The number of carbonyl (C=O) groups excluding carboxylic acids is 2. The zero-order valence-corrected chi connectivity index (χ0v) is 15.4. The molecule has 6 nitrogen and oxygen atoms in total. The van der Waals surface area contributed by atoms with Gasteiger partial charge in [0.15, 0.2) is 5.16 Å². The molecule has 0 aliphatic heterocycles. The van der Waals surface area contributed by atoms with E-state index in [4.69, 9.17) is 5.73 Å². The number of thioether (sulfide) groups is 1. The van der Waals surface area contributed by atoms with Gasteiger partial charge in [0.2, 0.25) is 5.91 Å². The summed E-state index contributed by atoms with van der Waals surface area (Å²) < 4.78 is 2.14. The van der Waals surface area contributed by atoms with Crippen molar-refractivity contribution in [1.29, 1.82) is 0 Å². The van der Waals surface area contributed by atoms with Crippen LogP contribution in [0.1, 0.15) is 52.5 Å². The van der Waals surface area contributed by atoms with Gasteiger partial charge in [-0.15, -0.1) is 11.3 Å². The summed E-state index contributed by atoms with van der Waals surface area (Å²) in [5, 5.41) is 4.38. The molecule has 1 saturated carbocycles. The zero-order chi connectivity index (χ0) is 17.4. The molecule has 2 aliphatic rings. The number of thiophene rings is 1. The van der Waals surface area contributed by atoms with Crippen molar-refractivity contribution in [3.63, 3.8) is 0 Å². The Morgan fingerprint density at radius 1 is 1.36 bits per heavy atom. The summed E-state index contributed by atoms with van der Waals surface area (Å²) in [4.78, 5) is 29.8. The minimum atomic E-state index is -0.452. The number of hydrogen-bond donors (Lipinski definition) is 2. The summed E-state index contributed by atoms with van der Waals surface area (Å²) in [6.07, 6.45) is 10.1. The SMILES string of the molecule is NC(=O)c1c(NC(=O)CSc2nccn2C2CC2)sc2c1CCCC2. The Morgan fingerprint density at radius 2 is 2.16 bits per heavy atom. The number of nitrogens with two attached hydrogens (primary N) is 1. The monoisotopic (exact) mass is 376 g/mol. The molecule has 2 aromatic heterocycles. The smallest absolute Gasteiger partial charge is 0.251 e. The summed E-state index contributed by atoms with van der Waals surface area (Å²) in [6.45, 7) is 0. The van der Waals surface area contributed by atoms with E-state index in [2.05, 4.69) is 14.9 Å². The first-order valence-corrected chi connectivity index (χ1v) is 10.3. The van der Waals surface area contributed by atoms with Crippen LogP contribution < -0.4 is 11.1 Å². The fraction of sp³-hybridized carbons (Fsp3) is 0.471. The van der Waals surface area contributed by atoms with E-state index < -0.39 is 5.91 Å². The topological polar surface area (TPSA) is 90.0 Å². The van der Waals surface area contributed by atoms with Gasteiger partial charge >= 0.3 is 0 Å². The van der Waals surface area contributed by atoms with Gasteiger partial charge in [0.25, 0.3) is 5.91 Å². The first kappa shape index (κ1) is 16.7. The molecule has 0 radical (unpaired) electrons. The molecular formula is C17H20N4O2S2. The lowest BCUT2D eigenvalue weighted by molar-refractivity contribution is -0.113. The van der Waals surface area contributed by atoms with Crippen LogP contribution in [-0.4, -0.2) is 27.1 Å². The van der Waals surface area contributed by atoms with Crippen molar-refractivity contribution in [1.82, 2.24) is 9.55 Å². The molecule has 0 unspecified atom stereocenters. The highest BCUT2D eigenvalue weighted by atomic mass is 32.2. The number of rotatable bonds is 6. The van der Waals surface area contributed by atoms with Crippen LogP contribution in [0.2, 0.25) is 0 Å². The van der Waals surface area contributed by atoms with Gasteiger partial charge in [-0.3, -0.25) is 9.59 Å². The predicted octanol–water partition coefficient (Wildman–Crippen LogP) is 2.99. The second-order valence-corrected chi connectivity index (χ2v) is 8.51. The maximum absolute atomic E-state index is 12.4. The normalized spacial score (nSPS) is 16.5. The lowest BCUT2D eigenvalue weighted by Crippen LogP contribution is -2.19. The number of nitrogens with one attached hydrogen (secondary N) is 1. The van der Waals surface area contributed by atoms with Crippen molar-refractivity contribution in [2.75, 3.05) is 11.1 Å². The van der Waals surface area contributed by atoms with Gasteiger partial charge in [-0.1, -0.05) is 11.8 Å². The van der Waals surface area contributed by atoms with Crippen molar-refractivity contribution < 1.29 is 9.59 Å². The van der Waals surface area contributed by atoms with Gasteiger partial charge in [-0.25, -0.2) is 4.98 Å². The number of carbonyl (C=O) groups is 2. The first-order chi connectivity index (χ1) is 12.1. The lowest BCUT2D eigenvalue weighted by Gasteiger charge is -2.11. The molecule has 2 amide bonds. The van der Waals surface area contributed by atoms with Gasteiger partial charge in [0.1, 0.15) is 5.00 Å². The van der Waals surface area contributed by atoms with Crippen LogP contribution in [0.25, 0.3) is 0 Å². The quantitative estimate of drug-likeness (QED) is 0.759. The first-order valence-electron chi connectivity index (χ1n) is 8.53. The van der Waals surface area contributed by atoms with Crippen LogP contribution in [0.15, 0.2) is 17.6 Å². The molecular weight excluding hydrogens is 356 g/mol. The van der Waals surface area contributed by atoms with E-state index in [-0.39, 0.29) is 11.7 Å². The van der Waals surface area contributed by atoms with Gasteiger partial charge < -0.3 is 15.6 Å². The highest BCUT2D eigenvalue weighted by Crippen LogP contribution is 2.39. The summed E-state index contributed by atoms with van der Waals surface area (Å²) in [5.41, 5.74) is 7.12. The zero-order valence-electron chi connectivity index (χ0n) is 13.8. The molecule has 0 saturated heterocycles. The number of imidazole rings is 1. The molecule has 132 valence electrons. The maximum Gasteiger partial charge on any atom is 0.251 e. The van der Waals surface area contributed by atoms with Crippen LogP contribution >= 0.6 is 23.1 Å². The van der Waals surface area contributed by atoms with Crippen LogP contribution in [-0.2, 0) is 17.6 Å². The molecule has 8 heteroatoms. The third-order valence-electron chi connectivity index (χ3n) is 4.58. The fourth-order valence-corrected chi connectivity index (χ4v) is 5.39. The molecule has 2 heterocycles. The van der Waals surface area contributed by atoms with Crippen LogP contribution in [0.4, 0.5) is 5.00 Å². The molecule has 0 aromatic carbocycles. The summed E-state index contributed by atoms with van der Waals surface area (Å²) in [5.74, 6) is -0.312. The van der Waals surface area contributed by atoms with Gasteiger partial charge in [0, 0.05) is 23.3 Å². The minimum Gasteiger partial charge on any atom is -0.365 e. The molecule has 2 aromatic rings. The van der Waals surface area contributed by atoms with Crippen molar-refractivity contribution >= 4 is 39.9 Å². The lowest BCUT2D eigenvalue weighted by atomic mass is 9.95. The van der Waals surface area contributed by atoms with Crippen molar-refractivity contribution in [2.24, 2.45) is 5.73 Å².